The minimum absolute atomic E-state index is 0.121. The van der Waals surface area contributed by atoms with Crippen molar-refractivity contribution in [3.63, 3.8) is 0 Å². The quantitative estimate of drug-likeness (QED) is 0.446. The van der Waals surface area contributed by atoms with Gasteiger partial charge >= 0.3 is 5.69 Å². The van der Waals surface area contributed by atoms with Crippen molar-refractivity contribution in [3.8, 4) is 17.2 Å². The number of nitrogens with zero attached hydrogens (tertiary/aromatic N) is 3. The predicted octanol–water partition coefficient (Wildman–Crippen LogP) is 2.68. The highest BCUT2D eigenvalue weighted by Crippen LogP contribution is 2.23. The zero-order valence-corrected chi connectivity index (χ0v) is 18.1. The highest BCUT2D eigenvalue weighted by Gasteiger charge is 2.15. The Kier molecular flexibility index (Phi) is 5.93. The number of fused-ring (bicyclic) bond motifs is 1. The van der Waals surface area contributed by atoms with E-state index in [1.165, 1.54) is 4.57 Å². The second-order valence-corrected chi connectivity index (χ2v) is 7.20. The Bertz CT molecular complexity index is 1350. The first-order valence-electron chi connectivity index (χ1n) is 9.97. The molecule has 2 aromatic carbocycles. The molecule has 32 heavy (non-hydrogen) atoms. The molecular formula is C24H23N3O5. The summed E-state index contributed by atoms with van der Waals surface area (Å²) >= 11 is 0. The number of aromatic nitrogens is 3. The molecule has 0 aliphatic carbocycles. The first kappa shape index (κ1) is 21.2. The summed E-state index contributed by atoms with van der Waals surface area (Å²) in [5.41, 5.74) is 1.44. The van der Waals surface area contributed by atoms with E-state index in [4.69, 9.17) is 14.2 Å². The molecule has 164 valence electrons. The fraction of sp³-hybridized carbons (Fsp3) is 0.208. The van der Waals surface area contributed by atoms with Crippen LogP contribution in [0.15, 0.2) is 70.4 Å². The lowest BCUT2D eigenvalue weighted by atomic mass is 10.2. The van der Waals surface area contributed by atoms with Gasteiger partial charge in [0.15, 0.2) is 5.52 Å². The minimum atomic E-state index is -0.430. The Hall–Kier alpha value is -4.07. The van der Waals surface area contributed by atoms with Gasteiger partial charge in [0.1, 0.15) is 17.2 Å². The first-order chi connectivity index (χ1) is 15.5. The van der Waals surface area contributed by atoms with Crippen molar-refractivity contribution < 1.29 is 14.2 Å². The van der Waals surface area contributed by atoms with Gasteiger partial charge in [-0.1, -0.05) is 12.1 Å². The van der Waals surface area contributed by atoms with E-state index in [-0.39, 0.29) is 18.6 Å². The fourth-order valence-corrected chi connectivity index (χ4v) is 3.59. The van der Waals surface area contributed by atoms with Crippen molar-refractivity contribution in [3.05, 3.63) is 92.8 Å². The maximum Gasteiger partial charge on any atom is 0.332 e. The zero-order valence-electron chi connectivity index (χ0n) is 18.1. The number of rotatable bonds is 7. The lowest BCUT2D eigenvalue weighted by Crippen LogP contribution is -2.40. The molecule has 0 unspecified atom stereocenters. The van der Waals surface area contributed by atoms with Gasteiger partial charge in [-0.05, 0) is 47.5 Å². The molecule has 0 bridgehead atoms. The fourth-order valence-electron chi connectivity index (χ4n) is 3.59. The van der Waals surface area contributed by atoms with Crippen LogP contribution in [0.1, 0.15) is 11.1 Å². The third-order valence-corrected chi connectivity index (χ3v) is 5.24. The van der Waals surface area contributed by atoms with E-state index < -0.39 is 11.2 Å². The van der Waals surface area contributed by atoms with Crippen LogP contribution in [0, 0.1) is 0 Å². The SMILES string of the molecule is COc1ccc(Cn2c(=O)c3ncccc3n(Cc3cc(OC)cc(OC)c3)c2=O)cc1. The van der Waals surface area contributed by atoms with Crippen molar-refractivity contribution >= 4 is 11.0 Å². The van der Waals surface area contributed by atoms with Crippen LogP contribution in [-0.2, 0) is 13.1 Å². The number of ether oxygens (including phenoxy) is 3. The highest BCUT2D eigenvalue weighted by molar-refractivity contribution is 5.73. The zero-order chi connectivity index (χ0) is 22.7. The summed E-state index contributed by atoms with van der Waals surface area (Å²) in [4.78, 5) is 30.8. The summed E-state index contributed by atoms with van der Waals surface area (Å²) in [6, 6.07) is 16.1. The molecule has 2 aromatic heterocycles. The summed E-state index contributed by atoms with van der Waals surface area (Å²) in [6.07, 6.45) is 1.55. The Morgan fingerprint density at radius 3 is 2.00 bits per heavy atom. The van der Waals surface area contributed by atoms with E-state index in [0.717, 1.165) is 11.1 Å². The van der Waals surface area contributed by atoms with Crippen LogP contribution in [0.25, 0.3) is 11.0 Å². The lowest BCUT2D eigenvalue weighted by molar-refractivity contribution is 0.393. The monoisotopic (exact) mass is 433 g/mol. The molecule has 4 rings (SSSR count). The molecule has 4 aromatic rings. The molecule has 8 heteroatoms. The number of hydrogen-bond donors (Lipinski definition) is 0. The van der Waals surface area contributed by atoms with Gasteiger partial charge in [0.25, 0.3) is 5.56 Å². The summed E-state index contributed by atoms with van der Waals surface area (Å²) in [7, 11) is 4.72. The van der Waals surface area contributed by atoms with Crippen molar-refractivity contribution in [2.24, 2.45) is 0 Å². The molecule has 0 amide bonds. The second-order valence-electron chi connectivity index (χ2n) is 7.20. The van der Waals surface area contributed by atoms with Gasteiger partial charge in [-0.2, -0.15) is 0 Å². The smallest absolute Gasteiger partial charge is 0.332 e. The number of hydrogen-bond acceptors (Lipinski definition) is 6. The first-order valence-corrected chi connectivity index (χ1v) is 9.97. The largest absolute Gasteiger partial charge is 0.497 e. The Morgan fingerprint density at radius 2 is 1.38 bits per heavy atom. The normalized spacial score (nSPS) is 10.8. The summed E-state index contributed by atoms with van der Waals surface area (Å²) in [5.74, 6) is 1.92. The molecule has 8 nitrogen and oxygen atoms in total. The maximum atomic E-state index is 13.5. The number of benzene rings is 2. The number of methoxy groups -OCH3 is 3. The van der Waals surface area contributed by atoms with E-state index in [0.29, 0.717) is 22.8 Å². The standard InChI is InChI=1S/C24H23N3O5/c1-30-18-8-6-16(7-9-18)14-27-23(28)22-21(5-4-10-25-22)26(24(27)29)15-17-11-19(31-2)13-20(12-17)32-3/h4-13H,14-15H2,1-3H3. The number of pyridine rings is 1. The van der Waals surface area contributed by atoms with Crippen molar-refractivity contribution in [1.29, 1.82) is 0 Å². The van der Waals surface area contributed by atoms with Gasteiger partial charge in [0, 0.05) is 12.3 Å². The minimum Gasteiger partial charge on any atom is -0.497 e. The molecular weight excluding hydrogens is 410 g/mol. The molecule has 0 N–H and O–H groups in total. The van der Waals surface area contributed by atoms with Crippen LogP contribution < -0.4 is 25.5 Å². The van der Waals surface area contributed by atoms with E-state index >= 15 is 0 Å². The lowest BCUT2D eigenvalue weighted by Gasteiger charge is -2.15. The predicted molar refractivity (Wildman–Crippen MR) is 121 cm³/mol. The van der Waals surface area contributed by atoms with Crippen LogP contribution >= 0.6 is 0 Å². The molecule has 0 saturated heterocycles. The van der Waals surface area contributed by atoms with Gasteiger partial charge in [0.05, 0.1) is 39.9 Å². The van der Waals surface area contributed by atoms with Crippen molar-refractivity contribution in [1.82, 2.24) is 14.1 Å². The van der Waals surface area contributed by atoms with Gasteiger partial charge < -0.3 is 14.2 Å². The Morgan fingerprint density at radius 1 is 0.750 bits per heavy atom. The van der Waals surface area contributed by atoms with Crippen molar-refractivity contribution in [2.45, 2.75) is 13.1 Å². The van der Waals surface area contributed by atoms with Crippen LogP contribution in [-0.4, -0.2) is 35.4 Å². The van der Waals surface area contributed by atoms with Gasteiger partial charge in [-0.25, -0.2) is 9.78 Å². The van der Waals surface area contributed by atoms with E-state index in [1.54, 1.807) is 62.4 Å². The van der Waals surface area contributed by atoms with Gasteiger partial charge in [0.2, 0.25) is 0 Å². The van der Waals surface area contributed by atoms with Crippen LogP contribution in [0.4, 0.5) is 0 Å². The van der Waals surface area contributed by atoms with Crippen LogP contribution in [0.3, 0.4) is 0 Å². The van der Waals surface area contributed by atoms with Gasteiger partial charge in [-0.15, -0.1) is 0 Å². The van der Waals surface area contributed by atoms with E-state index in [2.05, 4.69) is 4.98 Å². The maximum absolute atomic E-state index is 13.5. The van der Waals surface area contributed by atoms with Crippen molar-refractivity contribution in [2.75, 3.05) is 21.3 Å². The van der Waals surface area contributed by atoms with E-state index in [9.17, 15) is 9.59 Å². The molecule has 0 atom stereocenters. The summed E-state index contributed by atoms with van der Waals surface area (Å²) in [5, 5.41) is 0. The average Bonchev–Trinajstić information content (AvgIpc) is 2.84. The van der Waals surface area contributed by atoms with Crippen LogP contribution in [0.2, 0.25) is 0 Å². The summed E-state index contributed by atoms with van der Waals surface area (Å²) in [6.45, 7) is 0.340. The molecule has 0 spiro atoms. The molecule has 0 aliphatic heterocycles. The molecule has 0 fully saturated rings. The van der Waals surface area contributed by atoms with Gasteiger partial charge in [-0.3, -0.25) is 13.9 Å². The third kappa shape index (κ3) is 4.07. The van der Waals surface area contributed by atoms with Crippen LogP contribution in [0.5, 0.6) is 17.2 Å². The summed E-state index contributed by atoms with van der Waals surface area (Å²) < 4.78 is 18.6. The molecule has 2 heterocycles. The molecule has 0 saturated carbocycles. The Balaban J connectivity index is 1.85. The van der Waals surface area contributed by atoms with E-state index in [1.807, 2.05) is 24.3 Å². The third-order valence-electron chi connectivity index (χ3n) is 5.24. The molecule has 0 aliphatic rings. The second kappa shape index (κ2) is 8.97. The topological polar surface area (TPSA) is 84.6 Å². The Labute approximate surface area is 184 Å². The highest BCUT2D eigenvalue weighted by atomic mass is 16.5. The average molecular weight is 433 g/mol. The molecule has 0 radical (unpaired) electrons.